The van der Waals surface area contributed by atoms with Gasteiger partial charge in [0, 0.05) is 24.5 Å². The molecule has 21 heavy (non-hydrogen) atoms. The van der Waals surface area contributed by atoms with E-state index in [0.717, 1.165) is 11.3 Å². The Morgan fingerprint density at radius 3 is 2.71 bits per heavy atom. The van der Waals surface area contributed by atoms with Crippen LogP contribution in [-0.4, -0.2) is 17.5 Å². The van der Waals surface area contributed by atoms with Crippen LogP contribution in [0.3, 0.4) is 0 Å². The van der Waals surface area contributed by atoms with Crippen LogP contribution < -0.4 is 10.6 Å². The van der Waals surface area contributed by atoms with Crippen molar-refractivity contribution in [1.82, 2.24) is 9.88 Å². The predicted octanol–water partition coefficient (Wildman–Crippen LogP) is 3.69. The third-order valence-corrected chi connectivity index (χ3v) is 3.44. The lowest BCUT2D eigenvalue weighted by Crippen LogP contribution is -2.19. The van der Waals surface area contributed by atoms with Crippen LogP contribution in [0.5, 0.6) is 0 Å². The Balaban J connectivity index is 2.26. The minimum Gasteiger partial charge on any atom is -0.339 e. The van der Waals surface area contributed by atoms with Crippen molar-refractivity contribution in [2.24, 2.45) is 0 Å². The Bertz CT molecular complexity index is 634. The number of para-hydroxylation sites is 1. The van der Waals surface area contributed by atoms with E-state index in [9.17, 15) is 4.79 Å². The van der Waals surface area contributed by atoms with Gasteiger partial charge in [0.2, 0.25) is 0 Å². The first kappa shape index (κ1) is 15.6. The molecule has 1 aromatic heterocycles. The summed E-state index contributed by atoms with van der Waals surface area (Å²) in [5.41, 5.74) is 2.42. The zero-order valence-electron chi connectivity index (χ0n) is 12.5. The predicted molar refractivity (Wildman–Crippen MR) is 87.0 cm³/mol. The summed E-state index contributed by atoms with van der Waals surface area (Å²) in [5, 5.41) is 6.62. The van der Waals surface area contributed by atoms with Crippen molar-refractivity contribution in [1.29, 1.82) is 0 Å². The van der Waals surface area contributed by atoms with E-state index in [4.69, 9.17) is 11.6 Å². The van der Waals surface area contributed by atoms with Gasteiger partial charge in [-0.15, -0.1) is 0 Å². The van der Waals surface area contributed by atoms with Crippen LogP contribution in [0.15, 0.2) is 36.5 Å². The molecule has 1 aromatic carbocycles. The van der Waals surface area contributed by atoms with Crippen molar-refractivity contribution < 1.29 is 4.79 Å². The molecule has 0 fully saturated rings. The average molecular weight is 306 g/mol. The van der Waals surface area contributed by atoms with E-state index in [1.807, 2.05) is 49.7 Å². The minimum atomic E-state index is -0.154. The Labute approximate surface area is 130 Å². The Morgan fingerprint density at radius 2 is 2.05 bits per heavy atom. The van der Waals surface area contributed by atoms with Gasteiger partial charge in [-0.05, 0) is 38.6 Å². The van der Waals surface area contributed by atoms with Crippen molar-refractivity contribution >= 4 is 23.2 Å². The van der Waals surface area contributed by atoms with Crippen molar-refractivity contribution in [2.45, 2.75) is 26.4 Å². The monoisotopic (exact) mass is 305 g/mol. The van der Waals surface area contributed by atoms with E-state index in [1.165, 1.54) is 0 Å². The highest BCUT2D eigenvalue weighted by Crippen LogP contribution is 2.21. The van der Waals surface area contributed by atoms with Crippen LogP contribution in [0.1, 0.15) is 35.9 Å². The van der Waals surface area contributed by atoms with Gasteiger partial charge in [-0.2, -0.15) is 0 Å². The molecule has 5 heteroatoms. The molecule has 0 saturated heterocycles. The van der Waals surface area contributed by atoms with Gasteiger partial charge >= 0.3 is 0 Å². The fourth-order valence-corrected chi connectivity index (χ4v) is 2.44. The Hall–Kier alpha value is -1.78. The maximum atomic E-state index is 12.5. The van der Waals surface area contributed by atoms with Gasteiger partial charge in [-0.3, -0.25) is 4.79 Å². The van der Waals surface area contributed by atoms with Crippen LogP contribution >= 0.6 is 11.6 Å². The van der Waals surface area contributed by atoms with Gasteiger partial charge in [-0.25, -0.2) is 0 Å². The molecule has 0 atom stereocenters. The van der Waals surface area contributed by atoms with Gasteiger partial charge in [0.15, 0.2) is 0 Å². The number of hydrogen-bond acceptors (Lipinski definition) is 2. The SMILES string of the molecule is CNCc1ccccc1NC(=O)c1cc(Cl)cn1C(C)C. The molecule has 0 radical (unpaired) electrons. The van der Waals surface area contributed by atoms with Gasteiger partial charge < -0.3 is 15.2 Å². The second kappa shape index (κ2) is 6.78. The molecule has 0 aliphatic carbocycles. The Morgan fingerprint density at radius 1 is 1.33 bits per heavy atom. The molecule has 0 saturated carbocycles. The van der Waals surface area contributed by atoms with Gasteiger partial charge in [0.1, 0.15) is 5.69 Å². The lowest BCUT2D eigenvalue weighted by Gasteiger charge is -2.14. The second-order valence-corrected chi connectivity index (χ2v) is 5.62. The largest absolute Gasteiger partial charge is 0.339 e. The van der Waals surface area contributed by atoms with Gasteiger partial charge in [0.25, 0.3) is 5.91 Å². The van der Waals surface area contributed by atoms with E-state index >= 15 is 0 Å². The summed E-state index contributed by atoms with van der Waals surface area (Å²) < 4.78 is 1.87. The van der Waals surface area contributed by atoms with Crippen LogP contribution in [0.25, 0.3) is 0 Å². The molecular weight excluding hydrogens is 286 g/mol. The van der Waals surface area contributed by atoms with E-state index in [1.54, 1.807) is 12.3 Å². The normalized spacial score (nSPS) is 10.9. The summed E-state index contributed by atoms with van der Waals surface area (Å²) in [6, 6.07) is 9.61. The first-order valence-electron chi connectivity index (χ1n) is 6.94. The van der Waals surface area contributed by atoms with E-state index in [0.29, 0.717) is 17.3 Å². The molecule has 2 N–H and O–H groups in total. The van der Waals surface area contributed by atoms with E-state index in [-0.39, 0.29) is 11.9 Å². The maximum absolute atomic E-state index is 12.5. The number of nitrogens with one attached hydrogen (secondary N) is 2. The average Bonchev–Trinajstić information content (AvgIpc) is 2.84. The molecular formula is C16H20ClN3O. The van der Waals surface area contributed by atoms with Gasteiger partial charge in [0.05, 0.1) is 5.02 Å². The number of rotatable bonds is 5. The number of nitrogens with zero attached hydrogens (tertiary/aromatic N) is 1. The maximum Gasteiger partial charge on any atom is 0.272 e. The minimum absolute atomic E-state index is 0.154. The van der Waals surface area contributed by atoms with E-state index < -0.39 is 0 Å². The van der Waals surface area contributed by atoms with Crippen molar-refractivity contribution in [2.75, 3.05) is 12.4 Å². The molecule has 0 unspecified atom stereocenters. The summed E-state index contributed by atoms with van der Waals surface area (Å²) >= 11 is 6.03. The molecule has 1 amide bonds. The molecule has 0 spiro atoms. The van der Waals surface area contributed by atoms with Crippen LogP contribution in [0, 0.1) is 0 Å². The number of benzene rings is 1. The third-order valence-electron chi connectivity index (χ3n) is 3.24. The molecule has 1 heterocycles. The van der Waals surface area contributed by atoms with Crippen molar-refractivity contribution in [3.63, 3.8) is 0 Å². The highest BCUT2D eigenvalue weighted by atomic mass is 35.5. The fraction of sp³-hybridized carbons (Fsp3) is 0.312. The smallest absolute Gasteiger partial charge is 0.272 e. The number of amides is 1. The zero-order chi connectivity index (χ0) is 15.4. The van der Waals surface area contributed by atoms with Gasteiger partial charge in [-0.1, -0.05) is 29.8 Å². The molecule has 0 aliphatic rings. The summed E-state index contributed by atoms with van der Waals surface area (Å²) in [5.74, 6) is -0.154. The third kappa shape index (κ3) is 3.65. The fourth-order valence-electron chi connectivity index (χ4n) is 2.23. The molecule has 0 aliphatic heterocycles. The van der Waals surface area contributed by atoms with Crippen molar-refractivity contribution in [3.8, 4) is 0 Å². The molecule has 4 nitrogen and oxygen atoms in total. The van der Waals surface area contributed by atoms with Crippen molar-refractivity contribution in [3.05, 3.63) is 52.8 Å². The lowest BCUT2D eigenvalue weighted by molar-refractivity contribution is 0.101. The quantitative estimate of drug-likeness (QED) is 0.885. The summed E-state index contributed by atoms with van der Waals surface area (Å²) in [7, 11) is 1.88. The number of carbonyl (C=O) groups excluding carboxylic acids is 1. The van der Waals surface area contributed by atoms with Crippen LogP contribution in [0.2, 0.25) is 5.02 Å². The zero-order valence-corrected chi connectivity index (χ0v) is 13.2. The number of carbonyl (C=O) groups is 1. The number of anilines is 1. The second-order valence-electron chi connectivity index (χ2n) is 5.19. The number of aromatic nitrogens is 1. The summed E-state index contributed by atoms with van der Waals surface area (Å²) in [6.45, 7) is 4.73. The number of hydrogen-bond donors (Lipinski definition) is 2. The van der Waals surface area contributed by atoms with E-state index in [2.05, 4.69) is 10.6 Å². The molecule has 112 valence electrons. The first-order valence-corrected chi connectivity index (χ1v) is 7.32. The highest BCUT2D eigenvalue weighted by Gasteiger charge is 2.16. The standard InChI is InChI=1S/C16H20ClN3O/c1-11(2)20-10-13(17)8-15(20)16(21)19-14-7-5-4-6-12(14)9-18-3/h4-8,10-11,18H,9H2,1-3H3,(H,19,21). The topological polar surface area (TPSA) is 46.1 Å². The number of halogens is 1. The molecule has 2 aromatic rings. The first-order chi connectivity index (χ1) is 10.0. The van der Waals surface area contributed by atoms with Crippen LogP contribution in [-0.2, 0) is 6.54 Å². The van der Waals surface area contributed by atoms with Crippen LogP contribution in [0.4, 0.5) is 5.69 Å². The Kier molecular flexibility index (Phi) is 5.04. The lowest BCUT2D eigenvalue weighted by atomic mass is 10.1. The molecule has 2 rings (SSSR count). The molecule has 0 bridgehead atoms. The summed E-state index contributed by atoms with van der Waals surface area (Å²) in [6.07, 6.45) is 1.78. The highest BCUT2D eigenvalue weighted by molar-refractivity contribution is 6.31. The summed E-state index contributed by atoms with van der Waals surface area (Å²) in [4.78, 5) is 12.5.